The van der Waals surface area contributed by atoms with Crippen molar-refractivity contribution in [1.82, 2.24) is 0 Å². The minimum atomic E-state index is 0.742. The van der Waals surface area contributed by atoms with E-state index in [1.807, 2.05) is 13.0 Å². The Bertz CT molecular complexity index is 471. The number of fused-ring (bicyclic) bond motifs is 1. The molecule has 0 spiro atoms. The number of hydrogen-bond acceptors (Lipinski definition) is 2. The van der Waals surface area contributed by atoms with Gasteiger partial charge in [0, 0.05) is 5.39 Å². The molecule has 0 saturated heterocycles. The Kier molecular flexibility index (Phi) is 2.78. The summed E-state index contributed by atoms with van der Waals surface area (Å²) in [5.74, 6) is 1.02. The highest BCUT2D eigenvalue weighted by molar-refractivity contribution is 5.85. The van der Waals surface area contributed by atoms with Gasteiger partial charge in [0.2, 0.25) is 0 Å². The quantitative estimate of drug-likeness (QED) is 0.833. The largest absolute Gasteiger partial charge is 0.461 e. The lowest BCUT2D eigenvalue weighted by Crippen LogP contribution is -2.00. The van der Waals surface area contributed by atoms with Crippen LogP contribution in [0.2, 0.25) is 0 Å². The normalized spacial score (nSPS) is 11.1. The van der Waals surface area contributed by atoms with Crippen molar-refractivity contribution < 1.29 is 4.42 Å². The molecule has 2 aromatic rings. The Morgan fingerprint density at radius 2 is 2.07 bits per heavy atom. The molecule has 0 amide bonds. The first-order chi connectivity index (χ1) is 7.24. The predicted octanol–water partition coefficient (Wildman–Crippen LogP) is 2.94. The molecule has 15 heavy (non-hydrogen) atoms. The van der Waals surface area contributed by atoms with E-state index >= 15 is 0 Å². The Morgan fingerprint density at radius 1 is 1.27 bits per heavy atom. The molecule has 1 heterocycles. The van der Waals surface area contributed by atoms with Gasteiger partial charge in [-0.05, 0) is 50.4 Å². The average molecular weight is 203 g/mol. The van der Waals surface area contributed by atoms with Gasteiger partial charge in [0.1, 0.15) is 11.3 Å². The molecule has 0 radical (unpaired) electrons. The van der Waals surface area contributed by atoms with Crippen LogP contribution < -0.4 is 5.73 Å². The summed E-state index contributed by atoms with van der Waals surface area (Å²) in [6.45, 7) is 4.88. The molecule has 0 fully saturated rings. The van der Waals surface area contributed by atoms with Crippen LogP contribution in [-0.2, 0) is 6.42 Å². The molecule has 0 bridgehead atoms. The molecule has 2 nitrogen and oxygen atoms in total. The first kappa shape index (κ1) is 10.2. The molecule has 80 valence electrons. The van der Waals surface area contributed by atoms with Gasteiger partial charge in [-0.15, -0.1) is 0 Å². The summed E-state index contributed by atoms with van der Waals surface area (Å²) in [4.78, 5) is 0. The molecule has 2 N–H and O–H groups in total. The minimum absolute atomic E-state index is 0.742. The standard InChI is InChI=1S/C13H17NO/c1-9-10(2)15-12-7-3-5-11(13(9)12)6-4-8-14/h3,5,7H,4,6,8,14H2,1-2H3. The van der Waals surface area contributed by atoms with Crippen molar-refractivity contribution in [2.45, 2.75) is 26.7 Å². The lowest BCUT2D eigenvalue weighted by atomic mass is 10.0. The second-order valence-electron chi connectivity index (χ2n) is 3.97. The van der Waals surface area contributed by atoms with Crippen molar-refractivity contribution in [3.63, 3.8) is 0 Å². The molecule has 0 saturated carbocycles. The van der Waals surface area contributed by atoms with E-state index in [4.69, 9.17) is 10.2 Å². The zero-order valence-electron chi connectivity index (χ0n) is 9.34. The predicted molar refractivity (Wildman–Crippen MR) is 63.1 cm³/mol. The summed E-state index contributed by atoms with van der Waals surface area (Å²) in [6.07, 6.45) is 2.07. The van der Waals surface area contributed by atoms with Gasteiger partial charge in [-0.1, -0.05) is 12.1 Å². The maximum atomic E-state index is 5.69. The van der Waals surface area contributed by atoms with Crippen molar-refractivity contribution in [1.29, 1.82) is 0 Å². The number of furan rings is 1. The summed E-state index contributed by atoms with van der Waals surface area (Å²) < 4.78 is 5.69. The molecule has 2 rings (SSSR count). The summed E-state index contributed by atoms with van der Waals surface area (Å²) in [5, 5.41) is 1.28. The van der Waals surface area contributed by atoms with Gasteiger partial charge in [-0.3, -0.25) is 0 Å². The zero-order chi connectivity index (χ0) is 10.8. The second kappa shape index (κ2) is 4.07. The fraction of sp³-hybridized carbons (Fsp3) is 0.385. The Balaban J connectivity index is 2.53. The first-order valence-corrected chi connectivity index (χ1v) is 5.41. The molecular weight excluding hydrogens is 186 g/mol. The van der Waals surface area contributed by atoms with Crippen LogP contribution in [0.3, 0.4) is 0 Å². The van der Waals surface area contributed by atoms with Crippen molar-refractivity contribution in [3.8, 4) is 0 Å². The molecule has 2 heteroatoms. The van der Waals surface area contributed by atoms with E-state index in [0.29, 0.717) is 0 Å². The monoisotopic (exact) mass is 203 g/mol. The van der Waals surface area contributed by atoms with Crippen LogP contribution >= 0.6 is 0 Å². The third-order valence-electron chi connectivity index (χ3n) is 2.93. The lowest BCUT2D eigenvalue weighted by molar-refractivity contribution is 0.575. The summed E-state index contributed by atoms with van der Waals surface area (Å²) in [6, 6.07) is 6.25. The van der Waals surface area contributed by atoms with Crippen molar-refractivity contribution in [2.24, 2.45) is 5.73 Å². The molecular formula is C13H17NO. The fourth-order valence-electron chi connectivity index (χ4n) is 2.01. The molecule has 1 aromatic carbocycles. The van der Waals surface area contributed by atoms with E-state index in [-0.39, 0.29) is 0 Å². The van der Waals surface area contributed by atoms with Crippen molar-refractivity contribution in [3.05, 3.63) is 35.1 Å². The maximum Gasteiger partial charge on any atom is 0.134 e. The summed E-state index contributed by atoms with van der Waals surface area (Å²) in [7, 11) is 0. The Labute approximate surface area is 90.1 Å². The van der Waals surface area contributed by atoms with E-state index in [1.165, 1.54) is 16.5 Å². The third kappa shape index (κ3) is 1.77. The molecule has 0 aliphatic rings. The topological polar surface area (TPSA) is 39.2 Å². The first-order valence-electron chi connectivity index (χ1n) is 5.41. The fourth-order valence-corrected chi connectivity index (χ4v) is 2.01. The van der Waals surface area contributed by atoms with Crippen LogP contribution in [0.1, 0.15) is 23.3 Å². The van der Waals surface area contributed by atoms with E-state index in [1.54, 1.807) is 0 Å². The average Bonchev–Trinajstić information content (AvgIpc) is 2.53. The smallest absolute Gasteiger partial charge is 0.134 e. The van der Waals surface area contributed by atoms with Gasteiger partial charge in [0.15, 0.2) is 0 Å². The second-order valence-corrected chi connectivity index (χ2v) is 3.97. The van der Waals surface area contributed by atoms with Crippen molar-refractivity contribution >= 4 is 11.0 Å². The van der Waals surface area contributed by atoms with Crippen LogP contribution in [-0.4, -0.2) is 6.54 Å². The van der Waals surface area contributed by atoms with E-state index < -0.39 is 0 Å². The summed E-state index contributed by atoms with van der Waals surface area (Å²) in [5.41, 5.74) is 9.16. The van der Waals surface area contributed by atoms with Gasteiger partial charge in [0.25, 0.3) is 0 Å². The van der Waals surface area contributed by atoms with Crippen LogP contribution in [0.25, 0.3) is 11.0 Å². The molecule has 1 aromatic heterocycles. The lowest BCUT2D eigenvalue weighted by Gasteiger charge is -2.02. The van der Waals surface area contributed by atoms with Crippen LogP contribution in [0.4, 0.5) is 0 Å². The van der Waals surface area contributed by atoms with E-state index in [0.717, 1.165) is 30.7 Å². The highest BCUT2D eigenvalue weighted by Crippen LogP contribution is 2.28. The number of benzene rings is 1. The zero-order valence-corrected chi connectivity index (χ0v) is 9.34. The SMILES string of the molecule is Cc1oc2cccc(CCCN)c2c1C. The summed E-state index contributed by atoms with van der Waals surface area (Å²) >= 11 is 0. The van der Waals surface area contributed by atoms with Gasteiger partial charge < -0.3 is 10.2 Å². The number of hydrogen-bond donors (Lipinski definition) is 1. The van der Waals surface area contributed by atoms with Crippen LogP contribution in [0, 0.1) is 13.8 Å². The number of rotatable bonds is 3. The Morgan fingerprint density at radius 3 is 2.80 bits per heavy atom. The third-order valence-corrected chi connectivity index (χ3v) is 2.93. The Hall–Kier alpha value is -1.28. The van der Waals surface area contributed by atoms with Crippen LogP contribution in [0.5, 0.6) is 0 Å². The van der Waals surface area contributed by atoms with Gasteiger partial charge in [-0.2, -0.15) is 0 Å². The molecule has 0 aliphatic carbocycles. The number of aryl methyl sites for hydroxylation is 3. The molecule has 0 aliphatic heterocycles. The minimum Gasteiger partial charge on any atom is -0.461 e. The van der Waals surface area contributed by atoms with Gasteiger partial charge >= 0.3 is 0 Å². The van der Waals surface area contributed by atoms with Crippen LogP contribution in [0.15, 0.2) is 22.6 Å². The maximum absolute atomic E-state index is 5.69. The van der Waals surface area contributed by atoms with Gasteiger partial charge in [-0.25, -0.2) is 0 Å². The number of nitrogens with two attached hydrogens (primary N) is 1. The van der Waals surface area contributed by atoms with Gasteiger partial charge in [0.05, 0.1) is 0 Å². The highest BCUT2D eigenvalue weighted by Gasteiger charge is 2.09. The highest BCUT2D eigenvalue weighted by atomic mass is 16.3. The van der Waals surface area contributed by atoms with E-state index in [9.17, 15) is 0 Å². The van der Waals surface area contributed by atoms with E-state index in [2.05, 4.69) is 19.1 Å². The van der Waals surface area contributed by atoms with Crippen molar-refractivity contribution in [2.75, 3.05) is 6.54 Å². The molecule has 0 atom stereocenters. The molecule has 0 unspecified atom stereocenters.